The van der Waals surface area contributed by atoms with Gasteiger partial charge in [-0.25, -0.2) is 4.79 Å². The van der Waals surface area contributed by atoms with Gasteiger partial charge in [-0.1, -0.05) is 23.2 Å². The molecular weight excluding hydrogens is 381 g/mol. The van der Waals surface area contributed by atoms with E-state index in [0.29, 0.717) is 34.1 Å². The maximum atomic E-state index is 12.1. The zero-order valence-electron chi connectivity index (χ0n) is 13.6. The number of hydrogen-bond donors (Lipinski definition) is 1. The molecule has 1 amide bonds. The number of anilines is 1. The Morgan fingerprint density at radius 3 is 2.52 bits per heavy atom. The van der Waals surface area contributed by atoms with Crippen LogP contribution in [-0.4, -0.2) is 24.7 Å². The Hall–Kier alpha value is -1.69. The second-order valence-corrected chi connectivity index (χ2v) is 7.15. The fourth-order valence-corrected chi connectivity index (χ4v) is 3.18. The van der Waals surface area contributed by atoms with Gasteiger partial charge in [-0.2, -0.15) is 0 Å². The molecule has 0 heterocycles. The van der Waals surface area contributed by atoms with E-state index in [4.69, 9.17) is 23.2 Å². The van der Waals surface area contributed by atoms with E-state index in [1.165, 1.54) is 13.2 Å². The zero-order chi connectivity index (χ0) is 18.2. The number of benzene rings is 2. The molecule has 0 saturated heterocycles. The fraction of sp³-hybridized carbons (Fsp3) is 0.222. The Balaban J connectivity index is 1.81. The van der Waals surface area contributed by atoms with Crippen LogP contribution in [-0.2, 0) is 9.53 Å². The van der Waals surface area contributed by atoms with E-state index in [1.807, 2.05) is 24.3 Å². The van der Waals surface area contributed by atoms with Crippen LogP contribution in [0.4, 0.5) is 5.69 Å². The number of amides is 1. The minimum Gasteiger partial charge on any atom is -0.465 e. The summed E-state index contributed by atoms with van der Waals surface area (Å²) >= 11 is 13.6. The molecule has 0 bridgehead atoms. The van der Waals surface area contributed by atoms with Crippen molar-refractivity contribution in [2.45, 2.75) is 17.7 Å². The van der Waals surface area contributed by atoms with Crippen LogP contribution in [0.1, 0.15) is 23.2 Å². The molecule has 25 heavy (non-hydrogen) atoms. The van der Waals surface area contributed by atoms with Gasteiger partial charge in [-0.05, 0) is 54.6 Å². The van der Waals surface area contributed by atoms with Crippen molar-refractivity contribution in [2.75, 3.05) is 18.2 Å². The number of carbonyl (C=O) groups excluding carboxylic acids is 2. The van der Waals surface area contributed by atoms with Crippen molar-refractivity contribution in [1.82, 2.24) is 0 Å². The van der Waals surface area contributed by atoms with Crippen molar-refractivity contribution in [3.63, 3.8) is 0 Å². The highest BCUT2D eigenvalue weighted by atomic mass is 35.5. The highest BCUT2D eigenvalue weighted by molar-refractivity contribution is 7.99. The van der Waals surface area contributed by atoms with Crippen LogP contribution in [0.2, 0.25) is 10.0 Å². The predicted molar refractivity (Wildman–Crippen MR) is 103 cm³/mol. The summed E-state index contributed by atoms with van der Waals surface area (Å²) in [6.07, 6.45) is 1.08. The van der Waals surface area contributed by atoms with Crippen molar-refractivity contribution in [2.24, 2.45) is 0 Å². The van der Waals surface area contributed by atoms with Crippen LogP contribution in [0.15, 0.2) is 47.4 Å². The molecule has 0 atom stereocenters. The van der Waals surface area contributed by atoms with Gasteiger partial charge in [-0.15, -0.1) is 11.8 Å². The maximum Gasteiger partial charge on any atom is 0.337 e. The second kappa shape index (κ2) is 9.70. The standard InChI is InChI=1S/C18H17Cl2NO3S/c1-24-18(23)12-4-9-15(20)16(11-12)21-17(22)3-2-10-25-14-7-5-13(19)6-8-14/h4-9,11H,2-3,10H2,1H3,(H,21,22). The number of nitrogens with one attached hydrogen (secondary N) is 1. The lowest BCUT2D eigenvalue weighted by molar-refractivity contribution is -0.116. The second-order valence-electron chi connectivity index (χ2n) is 5.14. The summed E-state index contributed by atoms with van der Waals surface area (Å²) in [4.78, 5) is 24.7. The Labute approximate surface area is 160 Å². The van der Waals surface area contributed by atoms with Crippen molar-refractivity contribution >= 4 is 52.5 Å². The largest absolute Gasteiger partial charge is 0.465 e. The first-order chi connectivity index (χ1) is 12.0. The first kappa shape index (κ1) is 19.6. The van der Waals surface area contributed by atoms with E-state index < -0.39 is 5.97 Å². The summed E-state index contributed by atoms with van der Waals surface area (Å²) in [7, 11) is 1.30. The van der Waals surface area contributed by atoms with Crippen LogP contribution in [0.5, 0.6) is 0 Å². The van der Waals surface area contributed by atoms with Gasteiger partial charge in [0.2, 0.25) is 5.91 Å². The van der Waals surface area contributed by atoms with Crippen molar-refractivity contribution in [1.29, 1.82) is 0 Å². The summed E-state index contributed by atoms with van der Waals surface area (Å²) in [5, 5.41) is 3.81. The quantitative estimate of drug-likeness (QED) is 0.391. The van der Waals surface area contributed by atoms with E-state index in [2.05, 4.69) is 10.1 Å². The summed E-state index contributed by atoms with van der Waals surface area (Å²) in [5.74, 6) is 0.178. The number of rotatable bonds is 7. The molecule has 4 nitrogen and oxygen atoms in total. The van der Waals surface area contributed by atoms with Crippen LogP contribution < -0.4 is 5.32 Å². The number of carbonyl (C=O) groups is 2. The molecule has 0 unspecified atom stereocenters. The third-order valence-electron chi connectivity index (χ3n) is 3.29. The minimum atomic E-state index is -0.480. The molecule has 132 valence electrons. The van der Waals surface area contributed by atoms with Gasteiger partial charge in [-0.3, -0.25) is 4.79 Å². The highest BCUT2D eigenvalue weighted by Gasteiger charge is 2.11. The average molecular weight is 398 g/mol. The summed E-state index contributed by atoms with van der Waals surface area (Å²) in [6.45, 7) is 0. The summed E-state index contributed by atoms with van der Waals surface area (Å²) in [5.41, 5.74) is 0.736. The number of methoxy groups -OCH3 is 1. The van der Waals surface area contributed by atoms with Crippen molar-refractivity contribution in [3.05, 3.63) is 58.1 Å². The van der Waals surface area contributed by atoms with E-state index in [9.17, 15) is 9.59 Å². The smallest absolute Gasteiger partial charge is 0.337 e. The maximum absolute atomic E-state index is 12.1. The number of halogens is 2. The fourth-order valence-electron chi connectivity index (χ4n) is 2.03. The third-order valence-corrected chi connectivity index (χ3v) is 4.97. The molecule has 0 aromatic heterocycles. The van der Waals surface area contributed by atoms with Gasteiger partial charge in [0.05, 0.1) is 23.4 Å². The minimum absolute atomic E-state index is 0.152. The molecular formula is C18H17Cl2NO3S. The molecule has 2 rings (SSSR count). The molecule has 0 aliphatic heterocycles. The van der Waals surface area contributed by atoms with Gasteiger partial charge < -0.3 is 10.1 Å². The molecule has 2 aromatic rings. The highest BCUT2D eigenvalue weighted by Crippen LogP contribution is 2.24. The van der Waals surface area contributed by atoms with Crippen LogP contribution in [0.25, 0.3) is 0 Å². The molecule has 1 N–H and O–H groups in total. The lowest BCUT2D eigenvalue weighted by Gasteiger charge is -2.09. The number of ether oxygens (including phenoxy) is 1. The Bertz CT molecular complexity index is 750. The number of hydrogen-bond acceptors (Lipinski definition) is 4. The third kappa shape index (κ3) is 6.27. The molecule has 7 heteroatoms. The van der Waals surface area contributed by atoms with Gasteiger partial charge in [0.25, 0.3) is 0 Å². The van der Waals surface area contributed by atoms with Gasteiger partial charge in [0.15, 0.2) is 0 Å². The molecule has 0 fully saturated rings. The Morgan fingerprint density at radius 2 is 1.84 bits per heavy atom. The van der Waals surface area contributed by atoms with Gasteiger partial charge >= 0.3 is 5.97 Å². The monoisotopic (exact) mass is 397 g/mol. The summed E-state index contributed by atoms with van der Waals surface area (Å²) < 4.78 is 4.66. The Kier molecular flexibility index (Phi) is 7.62. The van der Waals surface area contributed by atoms with Crippen LogP contribution in [0, 0.1) is 0 Å². The van der Waals surface area contributed by atoms with Crippen LogP contribution >= 0.6 is 35.0 Å². The summed E-state index contributed by atoms with van der Waals surface area (Å²) in [6, 6.07) is 12.2. The topological polar surface area (TPSA) is 55.4 Å². The molecule has 0 spiro atoms. The molecule has 2 aromatic carbocycles. The van der Waals surface area contributed by atoms with E-state index in [-0.39, 0.29) is 5.91 Å². The molecule has 0 radical (unpaired) electrons. The van der Waals surface area contributed by atoms with Gasteiger partial charge in [0, 0.05) is 16.3 Å². The van der Waals surface area contributed by atoms with E-state index >= 15 is 0 Å². The van der Waals surface area contributed by atoms with Crippen molar-refractivity contribution < 1.29 is 14.3 Å². The normalized spacial score (nSPS) is 10.4. The average Bonchev–Trinajstić information content (AvgIpc) is 2.61. The first-order valence-electron chi connectivity index (χ1n) is 7.55. The zero-order valence-corrected chi connectivity index (χ0v) is 15.9. The predicted octanol–water partition coefficient (Wildman–Crippen LogP) is 5.29. The lowest BCUT2D eigenvalue weighted by atomic mass is 10.2. The molecule has 0 saturated carbocycles. The Morgan fingerprint density at radius 1 is 1.12 bits per heavy atom. The van der Waals surface area contributed by atoms with Crippen LogP contribution in [0.3, 0.4) is 0 Å². The lowest BCUT2D eigenvalue weighted by Crippen LogP contribution is -2.12. The van der Waals surface area contributed by atoms with Gasteiger partial charge in [0.1, 0.15) is 0 Å². The van der Waals surface area contributed by atoms with Crippen molar-refractivity contribution in [3.8, 4) is 0 Å². The number of esters is 1. The van der Waals surface area contributed by atoms with E-state index in [1.54, 1.807) is 23.9 Å². The number of thioether (sulfide) groups is 1. The van der Waals surface area contributed by atoms with E-state index in [0.717, 1.165) is 10.6 Å². The first-order valence-corrected chi connectivity index (χ1v) is 9.30. The molecule has 0 aliphatic carbocycles. The molecule has 0 aliphatic rings. The SMILES string of the molecule is COC(=O)c1ccc(Cl)c(NC(=O)CCCSc2ccc(Cl)cc2)c1.